The smallest absolute Gasteiger partial charge is 0.229 e. The minimum absolute atomic E-state index is 0.00565. The van der Waals surface area contributed by atoms with Crippen LogP contribution in [-0.4, -0.2) is 38.7 Å². The molecule has 4 heterocycles. The molecule has 1 aliphatic rings. The topological polar surface area (TPSA) is 84.7 Å². The zero-order chi connectivity index (χ0) is 17.2. The van der Waals surface area contributed by atoms with Crippen LogP contribution in [0.1, 0.15) is 12.8 Å². The highest BCUT2D eigenvalue weighted by atomic mass is 16.2. The lowest BCUT2D eigenvalue weighted by atomic mass is 9.99. The molecule has 3 aromatic rings. The lowest BCUT2D eigenvalue weighted by Crippen LogP contribution is -2.37. The van der Waals surface area contributed by atoms with Crippen LogP contribution >= 0.6 is 0 Å². The quantitative estimate of drug-likeness (QED) is 0.764. The van der Waals surface area contributed by atoms with Crippen LogP contribution in [0.25, 0.3) is 22.0 Å². The highest BCUT2D eigenvalue weighted by Gasteiger charge is 2.21. The van der Waals surface area contributed by atoms with E-state index >= 15 is 0 Å². The van der Waals surface area contributed by atoms with Crippen molar-refractivity contribution in [3.05, 3.63) is 36.9 Å². The largest absolute Gasteiger partial charge is 0.316 e. The third-order valence-corrected chi connectivity index (χ3v) is 4.52. The molecular formula is C18H20N6O. The number of hydrogen-bond donors (Lipinski definition) is 2. The summed E-state index contributed by atoms with van der Waals surface area (Å²) in [5, 5.41) is 11.3. The number of aryl methyl sites for hydroxylation is 1. The van der Waals surface area contributed by atoms with Gasteiger partial charge in [0.05, 0.1) is 23.8 Å². The number of nitrogens with zero attached hydrogens (tertiary/aromatic N) is 4. The van der Waals surface area contributed by atoms with Crippen molar-refractivity contribution in [3.63, 3.8) is 0 Å². The molecule has 128 valence electrons. The van der Waals surface area contributed by atoms with E-state index in [9.17, 15) is 4.79 Å². The van der Waals surface area contributed by atoms with Crippen LogP contribution in [0.15, 0.2) is 36.9 Å². The van der Waals surface area contributed by atoms with Gasteiger partial charge in [-0.2, -0.15) is 5.10 Å². The van der Waals surface area contributed by atoms with Crippen LogP contribution in [0.3, 0.4) is 0 Å². The molecule has 3 aromatic heterocycles. The molecule has 0 bridgehead atoms. The van der Waals surface area contributed by atoms with Gasteiger partial charge in [0.2, 0.25) is 5.91 Å². The zero-order valence-electron chi connectivity index (χ0n) is 14.1. The van der Waals surface area contributed by atoms with Gasteiger partial charge in [-0.3, -0.25) is 14.5 Å². The Balaban J connectivity index is 1.59. The molecule has 1 atom stereocenters. The molecule has 1 fully saturated rings. The summed E-state index contributed by atoms with van der Waals surface area (Å²) in [4.78, 5) is 21.1. The second-order valence-corrected chi connectivity index (χ2v) is 6.42. The fourth-order valence-electron chi connectivity index (χ4n) is 3.13. The van der Waals surface area contributed by atoms with Crippen LogP contribution in [0.2, 0.25) is 0 Å². The summed E-state index contributed by atoms with van der Waals surface area (Å²) < 4.78 is 1.76. The van der Waals surface area contributed by atoms with Gasteiger partial charge in [-0.25, -0.2) is 4.98 Å². The molecule has 25 heavy (non-hydrogen) atoms. The normalized spacial score (nSPS) is 17.6. The molecular weight excluding hydrogens is 316 g/mol. The van der Waals surface area contributed by atoms with Gasteiger partial charge in [-0.1, -0.05) is 0 Å². The molecule has 1 amide bonds. The van der Waals surface area contributed by atoms with E-state index in [4.69, 9.17) is 0 Å². The van der Waals surface area contributed by atoms with E-state index in [1.165, 1.54) is 0 Å². The number of fused-ring (bicyclic) bond motifs is 1. The minimum atomic E-state index is 0.00565. The third-order valence-electron chi connectivity index (χ3n) is 4.52. The molecule has 1 saturated heterocycles. The number of carbonyl (C=O) groups excluding carboxylic acids is 1. The Kier molecular flexibility index (Phi) is 4.15. The summed E-state index contributed by atoms with van der Waals surface area (Å²) in [6, 6.07) is 3.91. The Bertz CT molecular complexity index is 913. The van der Waals surface area contributed by atoms with E-state index in [-0.39, 0.29) is 11.8 Å². The van der Waals surface area contributed by atoms with Crippen LogP contribution in [0.5, 0.6) is 0 Å². The van der Waals surface area contributed by atoms with Gasteiger partial charge in [0.15, 0.2) is 0 Å². The van der Waals surface area contributed by atoms with Crippen molar-refractivity contribution >= 4 is 22.6 Å². The fraction of sp³-hybridized carbons (Fsp3) is 0.333. The van der Waals surface area contributed by atoms with Gasteiger partial charge >= 0.3 is 0 Å². The Morgan fingerprint density at radius 3 is 2.92 bits per heavy atom. The van der Waals surface area contributed by atoms with E-state index in [0.29, 0.717) is 5.82 Å². The van der Waals surface area contributed by atoms with E-state index in [2.05, 4.69) is 25.7 Å². The average Bonchev–Trinajstić information content (AvgIpc) is 3.08. The number of piperidine rings is 1. The summed E-state index contributed by atoms with van der Waals surface area (Å²) in [7, 11) is 1.88. The average molecular weight is 336 g/mol. The minimum Gasteiger partial charge on any atom is -0.316 e. The SMILES string of the molecule is Cn1cc(-c2cnc3cnc(NC(=O)[C@@H]4CCCNC4)cc3c2)cn1. The van der Waals surface area contributed by atoms with Gasteiger partial charge < -0.3 is 10.6 Å². The van der Waals surface area contributed by atoms with Crippen LogP contribution in [0.4, 0.5) is 5.82 Å². The van der Waals surface area contributed by atoms with E-state index in [1.807, 2.05) is 37.8 Å². The summed E-state index contributed by atoms with van der Waals surface area (Å²) in [6.07, 6.45) is 9.20. The Hall–Kier alpha value is -2.80. The van der Waals surface area contributed by atoms with Crippen molar-refractivity contribution in [1.29, 1.82) is 0 Å². The molecule has 0 spiro atoms. The molecule has 0 aliphatic carbocycles. The van der Waals surface area contributed by atoms with Gasteiger partial charge in [0.1, 0.15) is 5.82 Å². The summed E-state index contributed by atoms with van der Waals surface area (Å²) in [5.74, 6) is 0.592. The van der Waals surface area contributed by atoms with Crippen LogP contribution < -0.4 is 10.6 Å². The highest BCUT2D eigenvalue weighted by Crippen LogP contribution is 2.23. The lowest BCUT2D eigenvalue weighted by Gasteiger charge is -2.21. The summed E-state index contributed by atoms with van der Waals surface area (Å²) in [5.41, 5.74) is 2.79. The first-order valence-corrected chi connectivity index (χ1v) is 8.45. The number of carbonyl (C=O) groups is 1. The molecule has 0 saturated carbocycles. The predicted molar refractivity (Wildman–Crippen MR) is 96.0 cm³/mol. The van der Waals surface area contributed by atoms with E-state index < -0.39 is 0 Å². The first-order valence-electron chi connectivity index (χ1n) is 8.45. The molecule has 1 aliphatic heterocycles. The van der Waals surface area contributed by atoms with Crippen molar-refractivity contribution in [1.82, 2.24) is 25.1 Å². The van der Waals surface area contributed by atoms with Crippen molar-refractivity contribution in [2.75, 3.05) is 18.4 Å². The first kappa shape index (κ1) is 15.7. The zero-order valence-corrected chi connectivity index (χ0v) is 14.1. The maximum Gasteiger partial charge on any atom is 0.229 e. The van der Waals surface area contributed by atoms with Crippen molar-refractivity contribution < 1.29 is 4.79 Å². The monoisotopic (exact) mass is 336 g/mol. The Labute approximate surface area is 145 Å². The Morgan fingerprint density at radius 2 is 2.16 bits per heavy atom. The number of anilines is 1. The maximum atomic E-state index is 12.4. The number of amides is 1. The van der Waals surface area contributed by atoms with Gasteiger partial charge in [0, 0.05) is 42.5 Å². The third kappa shape index (κ3) is 3.36. The second kappa shape index (κ2) is 6.60. The molecule has 7 heteroatoms. The molecule has 7 nitrogen and oxygen atoms in total. The summed E-state index contributed by atoms with van der Waals surface area (Å²) >= 11 is 0. The van der Waals surface area contributed by atoms with Crippen molar-refractivity contribution in [3.8, 4) is 11.1 Å². The van der Waals surface area contributed by atoms with E-state index in [0.717, 1.165) is 48.0 Å². The highest BCUT2D eigenvalue weighted by molar-refractivity contribution is 5.94. The lowest BCUT2D eigenvalue weighted by molar-refractivity contribution is -0.120. The molecule has 0 unspecified atom stereocenters. The fourth-order valence-corrected chi connectivity index (χ4v) is 3.13. The Morgan fingerprint density at radius 1 is 1.24 bits per heavy atom. The summed E-state index contributed by atoms with van der Waals surface area (Å²) in [6.45, 7) is 1.72. The standard InChI is InChI=1S/C18H20N6O/c1-24-11-15(9-22-24)14-5-13-6-17(21-10-16(13)20-8-14)23-18(25)12-3-2-4-19-7-12/h5-6,8-12,19H,2-4,7H2,1H3,(H,21,23,25)/t12-/m1/s1. The molecule has 2 N–H and O–H groups in total. The predicted octanol–water partition coefficient (Wildman–Crippen LogP) is 1.97. The molecule has 0 aromatic carbocycles. The van der Waals surface area contributed by atoms with Crippen LogP contribution in [0, 0.1) is 5.92 Å². The molecule has 0 radical (unpaired) electrons. The van der Waals surface area contributed by atoms with Crippen molar-refractivity contribution in [2.45, 2.75) is 12.8 Å². The van der Waals surface area contributed by atoms with Gasteiger partial charge in [-0.05, 0) is 31.5 Å². The number of rotatable bonds is 3. The van der Waals surface area contributed by atoms with E-state index in [1.54, 1.807) is 10.9 Å². The second-order valence-electron chi connectivity index (χ2n) is 6.42. The van der Waals surface area contributed by atoms with Crippen molar-refractivity contribution in [2.24, 2.45) is 13.0 Å². The number of pyridine rings is 2. The van der Waals surface area contributed by atoms with Gasteiger partial charge in [0.25, 0.3) is 0 Å². The molecule has 4 rings (SSSR count). The number of nitrogens with one attached hydrogen (secondary N) is 2. The first-order chi connectivity index (χ1) is 12.2. The number of aromatic nitrogens is 4. The number of hydrogen-bond acceptors (Lipinski definition) is 5. The maximum absolute atomic E-state index is 12.4. The van der Waals surface area contributed by atoms with Gasteiger partial charge in [-0.15, -0.1) is 0 Å². The van der Waals surface area contributed by atoms with Crippen LogP contribution in [-0.2, 0) is 11.8 Å².